The van der Waals surface area contributed by atoms with Gasteiger partial charge in [-0.25, -0.2) is 0 Å². The Morgan fingerprint density at radius 3 is 3.00 bits per heavy atom. The van der Waals surface area contributed by atoms with Crippen LogP contribution in [-0.4, -0.2) is 26.4 Å². The summed E-state index contributed by atoms with van der Waals surface area (Å²) >= 11 is 0. The van der Waals surface area contributed by atoms with Crippen molar-refractivity contribution >= 4 is 10.9 Å². The van der Waals surface area contributed by atoms with E-state index in [0.717, 1.165) is 16.5 Å². The SMILES string of the molecule is Cn1cc(-c2noc(CCO)n2)c2ccccc21. The Labute approximate surface area is 104 Å². The molecule has 1 aromatic carbocycles. The molecule has 0 aliphatic rings. The molecule has 0 radical (unpaired) electrons. The summed E-state index contributed by atoms with van der Waals surface area (Å²) in [5, 5.41) is 13.9. The smallest absolute Gasteiger partial charge is 0.229 e. The summed E-state index contributed by atoms with van der Waals surface area (Å²) in [6, 6.07) is 8.07. The molecule has 0 fully saturated rings. The number of aliphatic hydroxyl groups excluding tert-OH is 1. The minimum absolute atomic E-state index is 0.0111. The molecule has 5 nitrogen and oxygen atoms in total. The molecular weight excluding hydrogens is 230 g/mol. The van der Waals surface area contributed by atoms with E-state index in [0.29, 0.717) is 18.1 Å². The third-order valence-corrected chi connectivity index (χ3v) is 2.93. The van der Waals surface area contributed by atoms with Crippen LogP contribution in [0.5, 0.6) is 0 Å². The van der Waals surface area contributed by atoms with Gasteiger partial charge in [-0.2, -0.15) is 4.98 Å². The van der Waals surface area contributed by atoms with Crippen LogP contribution in [0.3, 0.4) is 0 Å². The van der Waals surface area contributed by atoms with E-state index in [1.165, 1.54) is 0 Å². The Balaban J connectivity index is 2.13. The summed E-state index contributed by atoms with van der Waals surface area (Å²) in [6.45, 7) is 0.0111. The van der Waals surface area contributed by atoms with Gasteiger partial charge in [0.05, 0.1) is 13.0 Å². The lowest BCUT2D eigenvalue weighted by atomic mass is 10.2. The van der Waals surface area contributed by atoms with Crippen molar-refractivity contribution in [1.29, 1.82) is 0 Å². The van der Waals surface area contributed by atoms with Crippen molar-refractivity contribution in [3.63, 3.8) is 0 Å². The normalized spacial score (nSPS) is 11.2. The number of hydrogen-bond donors (Lipinski definition) is 1. The molecule has 5 heteroatoms. The maximum atomic E-state index is 8.84. The molecule has 0 aliphatic carbocycles. The van der Waals surface area contributed by atoms with Gasteiger partial charge in [-0.1, -0.05) is 23.4 Å². The number of aliphatic hydroxyl groups is 1. The Hall–Kier alpha value is -2.14. The van der Waals surface area contributed by atoms with E-state index in [-0.39, 0.29) is 6.61 Å². The molecule has 92 valence electrons. The Morgan fingerprint density at radius 1 is 1.33 bits per heavy atom. The van der Waals surface area contributed by atoms with E-state index in [4.69, 9.17) is 9.63 Å². The van der Waals surface area contributed by atoms with Gasteiger partial charge < -0.3 is 14.2 Å². The average molecular weight is 243 g/mol. The minimum Gasteiger partial charge on any atom is -0.396 e. The third kappa shape index (κ3) is 1.69. The van der Waals surface area contributed by atoms with Crippen LogP contribution in [0.15, 0.2) is 35.0 Å². The van der Waals surface area contributed by atoms with Crippen LogP contribution in [0.25, 0.3) is 22.3 Å². The van der Waals surface area contributed by atoms with E-state index < -0.39 is 0 Å². The first-order valence-corrected chi connectivity index (χ1v) is 5.77. The fourth-order valence-corrected chi connectivity index (χ4v) is 2.08. The van der Waals surface area contributed by atoms with Crippen molar-refractivity contribution in [3.8, 4) is 11.4 Å². The largest absolute Gasteiger partial charge is 0.396 e. The molecule has 0 aliphatic heterocycles. The second-order valence-electron chi connectivity index (χ2n) is 4.16. The molecule has 0 amide bonds. The Kier molecular flexibility index (Phi) is 2.60. The van der Waals surface area contributed by atoms with E-state index in [1.807, 2.05) is 42.1 Å². The number of aryl methyl sites for hydroxylation is 1. The zero-order chi connectivity index (χ0) is 12.5. The van der Waals surface area contributed by atoms with Gasteiger partial charge in [0, 0.05) is 29.7 Å². The molecule has 0 saturated carbocycles. The first kappa shape index (κ1) is 11.0. The molecule has 18 heavy (non-hydrogen) atoms. The lowest BCUT2D eigenvalue weighted by Crippen LogP contribution is -1.90. The maximum absolute atomic E-state index is 8.84. The molecule has 3 aromatic rings. The summed E-state index contributed by atoms with van der Waals surface area (Å²) in [5.41, 5.74) is 2.07. The van der Waals surface area contributed by atoms with Gasteiger partial charge in [-0.15, -0.1) is 0 Å². The van der Waals surface area contributed by atoms with Gasteiger partial charge in [0.1, 0.15) is 0 Å². The lowest BCUT2D eigenvalue weighted by Gasteiger charge is -1.93. The first-order valence-electron chi connectivity index (χ1n) is 5.77. The summed E-state index contributed by atoms with van der Waals surface area (Å²) in [6.07, 6.45) is 2.37. The molecule has 0 saturated heterocycles. The third-order valence-electron chi connectivity index (χ3n) is 2.93. The quantitative estimate of drug-likeness (QED) is 0.761. The second kappa shape index (κ2) is 4.27. The fourth-order valence-electron chi connectivity index (χ4n) is 2.08. The van der Waals surface area contributed by atoms with E-state index in [1.54, 1.807) is 0 Å². The number of aromatic nitrogens is 3. The zero-order valence-corrected chi connectivity index (χ0v) is 10.00. The van der Waals surface area contributed by atoms with Crippen LogP contribution in [0.1, 0.15) is 5.89 Å². The number of para-hydroxylation sites is 1. The van der Waals surface area contributed by atoms with Crippen molar-refractivity contribution < 1.29 is 9.63 Å². The molecule has 3 rings (SSSR count). The molecule has 2 heterocycles. The Morgan fingerprint density at radius 2 is 2.17 bits per heavy atom. The molecule has 0 bridgehead atoms. The van der Waals surface area contributed by atoms with Crippen LogP contribution in [0.2, 0.25) is 0 Å². The second-order valence-corrected chi connectivity index (χ2v) is 4.16. The van der Waals surface area contributed by atoms with Crippen LogP contribution >= 0.6 is 0 Å². The highest BCUT2D eigenvalue weighted by Gasteiger charge is 2.13. The standard InChI is InChI=1S/C13H13N3O2/c1-16-8-10(9-4-2-3-5-11(9)16)13-14-12(6-7-17)18-15-13/h2-5,8,17H,6-7H2,1H3. The molecule has 0 unspecified atom stereocenters. The molecular formula is C13H13N3O2. The van der Waals surface area contributed by atoms with Crippen molar-refractivity contribution in [2.75, 3.05) is 6.61 Å². The van der Waals surface area contributed by atoms with E-state index >= 15 is 0 Å². The highest BCUT2D eigenvalue weighted by atomic mass is 16.5. The molecule has 0 spiro atoms. The van der Waals surface area contributed by atoms with Crippen LogP contribution in [0.4, 0.5) is 0 Å². The van der Waals surface area contributed by atoms with Crippen molar-refractivity contribution in [2.45, 2.75) is 6.42 Å². The Bertz CT molecular complexity index is 684. The number of hydrogen-bond acceptors (Lipinski definition) is 4. The molecule has 1 N–H and O–H groups in total. The number of nitrogens with zero attached hydrogens (tertiary/aromatic N) is 3. The predicted octanol–water partition coefficient (Wildman–Crippen LogP) is 1.76. The summed E-state index contributed by atoms with van der Waals surface area (Å²) in [7, 11) is 1.99. The lowest BCUT2D eigenvalue weighted by molar-refractivity contribution is 0.274. The highest BCUT2D eigenvalue weighted by molar-refractivity contribution is 5.94. The topological polar surface area (TPSA) is 64.1 Å². The summed E-state index contributed by atoms with van der Waals surface area (Å²) in [4.78, 5) is 4.28. The van der Waals surface area contributed by atoms with E-state index in [9.17, 15) is 0 Å². The molecule has 2 aromatic heterocycles. The first-order chi connectivity index (χ1) is 8.79. The van der Waals surface area contributed by atoms with Crippen molar-refractivity contribution in [3.05, 3.63) is 36.4 Å². The summed E-state index contributed by atoms with van der Waals surface area (Å²) in [5.74, 6) is 1.02. The van der Waals surface area contributed by atoms with Crippen LogP contribution < -0.4 is 0 Å². The predicted molar refractivity (Wildman–Crippen MR) is 67.0 cm³/mol. The number of benzene rings is 1. The minimum atomic E-state index is 0.0111. The van der Waals surface area contributed by atoms with E-state index in [2.05, 4.69) is 10.1 Å². The van der Waals surface area contributed by atoms with Gasteiger partial charge in [0.2, 0.25) is 11.7 Å². The zero-order valence-electron chi connectivity index (χ0n) is 10.00. The molecule has 0 atom stereocenters. The van der Waals surface area contributed by atoms with Crippen molar-refractivity contribution in [2.24, 2.45) is 7.05 Å². The summed E-state index contributed by atoms with van der Waals surface area (Å²) < 4.78 is 7.12. The van der Waals surface area contributed by atoms with Crippen LogP contribution in [-0.2, 0) is 13.5 Å². The van der Waals surface area contributed by atoms with Crippen LogP contribution in [0, 0.1) is 0 Å². The van der Waals surface area contributed by atoms with Gasteiger partial charge in [0.25, 0.3) is 0 Å². The monoisotopic (exact) mass is 243 g/mol. The maximum Gasteiger partial charge on any atom is 0.229 e. The fraction of sp³-hybridized carbons (Fsp3) is 0.231. The highest BCUT2D eigenvalue weighted by Crippen LogP contribution is 2.27. The average Bonchev–Trinajstić information content (AvgIpc) is 2.96. The van der Waals surface area contributed by atoms with Gasteiger partial charge in [0.15, 0.2) is 0 Å². The van der Waals surface area contributed by atoms with Gasteiger partial charge in [-0.05, 0) is 6.07 Å². The van der Waals surface area contributed by atoms with Gasteiger partial charge in [-0.3, -0.25) is 0 Å². The van der Waals surface area contributed by atoms with Gasteiger partial charge >= 0.3 is 0 Å². The number of fused-ring (bicyclic) bond motifs is 1. The van der Waals surface area contributed by atoms with Crippen molar-refractivity contribution in [1.82, 2.24) is 14.7 Å². The number of rotatable bonds is 3.